The van der Waals surface area contributed by atoms with Gasteiger partial charge in [0.25, 0.3) is 0 Å². The fraction of sp³-hybridized carbons (Fsp3) is 0.609. The molecular formula is C23H35N3O5. The Bertz CT molecular complexity index is 735. The molecule has 3 amide bonds. The SMILES string of the molecule is Cc1ccc(OCCCC(=O)N2CCC(NC(=O)CNC(=O)OC(C)(C)C)CC2)cc1. The zero-order valence-electron chi connectivity index (χ0n) is 19.0. The van der Waals surface area contributed by atoms with Gasteiger partial charge in [-0.3, -0.25) is 9.59 Å². The van der Waals surface area contributed by atoms with Crippen molar-refractivity contribution in [2.75, 3.05) is 26.2 Å². The molecule has 0 aromatic heterocycles. The maximum Gasteiger partial charge on any atom is 0.408 e. The van der Waals surface area contributed by atoms with Crippen LogP contribution >= 0.6 is 0 Å². The van der Waals surface area contributed by atoms with E-state index in [2.05, 4.69) is 10.6 Å². The van der Waals surface area contributed by atoms with Gasteiger partial charge in [-0.15, -0.1) is 0 Å². The van der Waals surface area contributed by atoms with E-state index in [-0.39, 0.29) is 24.4 Å². The second-order valence-corrected chi connectivity index (χ2v) is 8.84. The molecule has 31 heavy (non-hydrogen) atoms. The molecule has 0 aliphatic carbocycles. The Morgan fingerprint density at radius 3 is 2.35 bits per heavy atom. The van der Waals surface area contributed by atoms with Crippen LogP contribution in [0.2, 0.25) is 0 Å². The summed E-state index contributed by atoms with van der Waals surface area (Å²) in [4.78, 5) is 37.9. The van der Waals surface area contributed by atoms with Crippen molar-refractivity contribution >= 4 is 17.9 Å². The lowest BCUT2D eigenvalue weighted by Gasteiger charge is -2.32. The lowest BCUT2D eigenvalue weighted by Crippen LogP contribution is -2.49. The Morgan fingerprint density at radius 1 is 1.10 bits per heavy atom. The summed E-state index contributed by atoms with van der Waals surface area (Å²) >= 11 is 0. The van der Waals surface area contributed by atoms with E-state index in [1.54, 1.807) is 20.8 Å². The van der Waals surface area contributed by atoms with E-state index in [9.17, 15) is 14.4 Å². The van der Waals surface area contributed by atoms with Crippen molar-refractivity contribution in [3.05, 3.63) is 29.8 Å². The molecule has 0 atom stereocenters. The van der Waals surface area contributed by atoms with Crippen molar-refractivity contribution < 1.29 is 23.9 Å². The molecule has 172 valence electrons. The second-order valence-electron chi connectivity index (χ2n) is 8.84. The Hall–Kier alpha value is -2.77. The highest BCUT2D eigenvalue weighted by atomic mass is 16.6. The van der Waals surface area contributed by atoms with E-state index in [0.29, 0.717) is 45.4 Å². The molecule has 8 nitrogen and oxygen atoms in total. The average Bonchev–Trinajstić information content (AvgIpc) is 2.70. The van der Waals surface area contributed by atoms with E-state index < -0.39 is 11.7 Å². The monoisotopic (exact) mass is 433 g/mol. The number of carbonyl (C=O) groups excluding carboxylic acids is 3. The first-order chi connectivity index (χ1) is 14.6. The number of amides is 3. The molecule has 1 fully saturated rings. The number of piperidine rings is 1. The second kappa shape index (κ2) is 11.6. The summed E-state index contributed by atoms with van der Waals surface area (Å²) in [5.74, 6) is 0.670. The third-order valence-corrected chi connectivity index (χ3v) is 4.83. The molecule has 0 spiro atoms. The molecule has 1 aromatic carbocycles. The van der Waals surface area contributed by atoms with Gasteiger partial charge in [-0.05, 0) is 59.1 Å². The maximum atomic E-state index is 12.4. The molecule has 1 aliphatic heterocycles. The van der Waals surface area contributed by atoms with Gasteiger partial charge in [0.15, 0.2) is 0 Å². The van der Waals surface area contributed by atoms with Crippen LogP contribution in [-0.2, 0) is 14.3 Å². The molecule has 1 heterocycles. The zero-order valence-corrected chi connectivity index (χ0v) is 19.0. The lowest BCUT2D eigenvalue weighted by molar-refractivity contribution is -0.132. The van der Waals surface area contributed by atoms with Crippen molar-refractivity contribution in [1.82, 2.24) is 15.5 Å². The highest BCUT2D eigenvalue weighted by molar-refractivity contribution is 5.82. The average molecular weight is 434 g/mol. The van der Waals surface area contributed by atoms with Crippen molar-refractivity contribution in [2.24, 2.45) is 0 Å². The van der Waals surface area contributed by atoms with Crippen molar-refractivity contribution in [3.63, 3.8) is 0 Å². The van der Waals surface area contributed by atoms with Crippen molar-refractivity contribution in [1.29, 1.82) is 0 Å². The van der Waals surface area contributed by atoms with E-state index >= 15 is 0 Å². The van der Waals surface area contributed by atoms with Gasteiger partial charge in [-0.25, -0.2) is 4.79 Å². The minimum Gasteiger partial charge on any atom is -0.494 e. The molecule has 2 N–H and O–H groups in total. The highest BCUT2D eigenvalue weighted by Crippen LogP contribution is 2.14. The zero-order chi connectivity index (χ0) is 22.9. The summed E-state index contributed by atoms with van der Waals surface area (Å²) in [7, 11) is 0. The van der Waals surface area contributed by atoms with Gasteiger partial charge in [0.05, 0.1) is 6.61 Å². The Balaban J connectivity index is 1.58. The largest absolute Gasteiger partial charge is 0.494 e. The number of nitrogens with one attached hydrogen (secondary N) is 2. The number of likely N-dealkylation sites (tertiary alicyclic amines) is 1. The van der Waals surface area contributed by atoms with Gasteiger partial charge in [0, 0.05) is 25.6 Å². The van der Waals surface area contributed by atoms with Crippen molar-refractivity contribution in [2.45, 2.75) is 65.0 Å². The van der Waals surface area contributed by atoms with Crippen LogP contribution < -0.4 is 15.4 Å². The molecular weight excluding hydrogens is 398 g/mol. The van der Waals surface area contributed by atoms with E-state index in [1.165, 1.54) is 5.56 Å². The van der Waals surface area contributed by atoms with Crippen molar-refractivity contribution in [3.8, 4) is 5.75 Å². The molecule has 1 saturated heterocycles. The number of alkyl carbamates (subject to hydrolysis) is 1. The van der Waals surface area contributed by atoms with Crippen LogP contribution in [0.5, 0.6) is 5.75 Å². The summed E-state index contributed by atoms with van der Waals surface area (Å²) in [5, 5.41) is 5.35. The number of ether oxygens (including phenoxy) is 2. The summed E-state index contributed by atoms with van der Waals surface area (Å²) in [6.07, 6.45) is 1.89. The van der Waals surface area contributed by atoms with Crippen LogP contribution in [0.15, 0.2) is 24.3 Å². The number of benzene rings is 1. The van der Waals surface area contributed by atoms with Crippen LogP contribution in [0, 0.1) is 6.92 Å². The third-order valence-electron chi connectivity index (χ3n) is 4.83. The summed E-state index contributed by atoms with van der Waals surface area (Å²) in [6, 6.07) is 7.86. The standard InChI is InChI=1S/C23H35N3O5/c1-17-7-9-19(10-8-17)30-15-5-6-21(28)26-13-11-18(12-14-26)25-20(27)16-24-22(29)31-23(2,3)4/h7-10,18H,5-6,11-16H2,1-4H3,(H,24,29)(H,25,27). The Morgan fingerprint density at radius 2 is 1.74 bits per heavy atom. The van der Waals surface area contributed by atoms with Crippen LogP contribution in [0.25, 0.3) is 0 Å². The number of rotatable bonds is 8. The predicted molar refractivity (Wildman–Crippen MR) is 118 cm³/mol. The van der Waals surface area contributed by atoms with Gasteiger partial charge in [0.1, 0.15) is 17.9 Å². The molecule has 0 radical (unpaired) electrons. The Kier molecular flexibility index (Phi) is 9.15. The number of aryl methyl sites for hydroxylation is 1. The molecule has 1 aliphatic rings. The Labute approximate surface area is 184 Å². The van der Waals surface area contributed by atoms with Crippen LogP contribution in [0.1, 0.15) is 52.0 Å². The number of carbonyl (C=O) groups is 3. The lowest BCUT2D eigenvalue weighted by atomic mass is 10.0. The summed E-state index contributed by atoms with van der Waals surface area (Å²) in [6.45, 7) is 8.92. The molecule has 0 saturated carbocycles. The fourth-order valence-corrected chi connectivity index (χ4v) is 3.22. The summed E-state index contributed by atoms with van der Waals surface area (Å²) in [5.41, 5.74) is 0.577. The van der Waals surface area contributed by atoms with Gasteiger partial charge >= 0.3 is 6.09 Å². The predicted octanol–water partition coefficient (Wildman–Crippen LogP) is 2.79. The normalized spacial score (nSPS) is 14.6. The first-order valence-electron chi connectivity index (χ1n) is 10.9. The number of nitrogens with zero attached hydrogens (tertiary/aromatic N) is 1. The molecule has 0 bridgehead atoms. The van der Waals surface area contributed by atoms with Gasteiger partial charge in [0.2, 0.25) is 11.8 Å². The molecule has 8 heteroatoms. The maximum absolute atomic E-state index is 12.4. The number of hydrogen-bond acceptors (Lipinski definition) is 5. The molecule has 1 aromatic rings. The van der Waals surface area contributed by atoms with E-state index in [4.69, 9.17) is 9.47 Å². The minimum atomic E-state index is -0.616. The quantitative estimate of drug-likeness (QED) is 0.615. The van der Waals surface area contributed by atoms with Crippen LogP contribution in [0.4, 0.5) is 4.79 Å². The molecule has 2 rings (SSSR count). The van der Waals surface area contributed by atoms with E-state index in [0.717, 1.165) is 5.75 Å². The third kappa shape index (κ3) is 9.72. The number of hydrogen-bond donors (Lipinski definition) is 2. The summed E-state index contributed by atoms with van der Waals surface area (Å²) < 4.78 is 10.8. The van der Waals surface area contributed by atoms with Crippen LogP contribution in [0.3, 0.4) is 0 Å². The van der Waals surface area contributed by atoms with Gasteiger partial charge < -0.3 is 25.0 Å². The minimum absolute atomic E-state index is 0.00172. The fourth-order valence-electron chi connectivity index (χ4n) is 3.22. The highest BCUT2D eigenvalue weighted by Gasteiger charge is 2.24. The topological polar surface area (TPSA) is 97.0 Å². The first-order valence-corrected chi connectivity index (χ1v) is 10.9. The molecule has 0 unspecified atom stereocenters. The first kappa shape index (κ1) is 24.5. The van der Waals surface area contributed by atoms with Crippen LogP contribution in [-0.4, -0.2) is 60.7 Å². The van der Waals surface area contributed by atoms with Gasteiger partial charge in [-0.2, -0.15) is 0 Å². The van der Waals surface area contributed by atoms with E-state index in [1.807, 2.05) is 36.1 Å². The van der Waals surface area contributed by atoms with Gasteiger partial charge in [-0.1, -0.05) is 17.7 Å². The smallest absolute Gasteiger partial charge is 0.408 e.